The van der Waals surface area contributed by atoms with Crippen LogP contribution in [0.25, 0.3) is 11.1 Å². The monoisotopic (exact) mass is 258 g/mol. The number of hydrogen-bond donors (Lipinski definition) is 0. The minimum Gasteiger partial charge on any atom is -0.466 e. The zero-order valence-corrected chi connectivity index (χ0v) is 10.7. The minimum absolute atomic E-state index is 0.195. The Kier molecular flexibility index (Phi) is 4.29. The van der Waals surface area contributed by atoms with Gasteiger partial charge in [0.2, 0.25) is 0 Å². The first kappa shape index (κ1) is 13.3. The van der Waals surface area contributed by atoms with Gasteiger partial charge in [-0.25, -0.2) is 4.39 Å². The van der Waals surface area contributed by atoms with Gasteiger partial charge in [0, 0.05) is 0 Å². The van der Waals surface area contributed by atoms with Crippen molar-refractivity contribution in [2.45, 2.75) is 13.3 Å². The molecule has 3 heteroatoms. The molecule has 2 nitrogen and oxygen atoms in total. The van der Waals surface area contributed by atoms with Crippen LogP contribution < -0.4 is 0 Å². The van der Waals surface area contributed by atoms with Gasteiger partial charge in [0.15, 0.2) is 0 Å². The van der Waals surface area contributed by atoms with Crippen molar-refractivity contribution < 1.29 is 13.9 Å². The second-order valence-electron chi connectivity index (χ2n) is 4.15. The standard InChI is InChI=1S/C16H15FO2/c1-2-19-16(18)11-13-6-3-4-9-15(13)12-7-5-8-14(17)10-12/h3-10H,2,11H2,1H3. The number of halogens is 1. The largest absolute Gasteiger partial charge is 0.466 e. The molecule has 0 N–H and O–H groups in total. The van der Waals surface area contributed by atoms with E-state index in [4.69, 9.17) is 4.74 Å². The van der Waals surface area contributed by atoms with Gasteiger partial charge in [0.1, 0.15) is 5.82 Å². The van der Waals surface area contributed by atoms with Gasteiger partial charge in [-0.2, -0.15) is 0 Å². The Morgan fingerprint density at radius 2 is 1.95 bits per heavy atom. The highest BCUT2D eigenvalue weighted by atomic mass is 19.1. The number of rotatable bonds is 4. The van der Waals surface area contributed by atoms with Crippen molar-refractivity contribution in [2.75, 3.05) is 6.61 Å². The Morgan fingerprint density at radius 3 is 2.68 bits per heavy atom. The predicted molar refractivity (Wildman–Crippen MR) is 72.2 cm³/mol. The van der Waals surface area contributed by atoms with Crippen LogP contribution in [0.1, 0.15) is 12.5 Å². The molecule has 0 heterocycles. The van der Waals surface area contributed by atoms with Crippen molar-refractivity contribution >= 4 is 5.97 Å². The van der Waals surface area contributed by atoms with Crippen molar-refractivity contribution in [1.82, 2.24) is 0 Å². The van der Waals surface area contributed by atoms with Gasteiger partial charge in [-0.05, 0) is 35.7 Å². The van der Waals surface area contributed by atoms with Gasteiger partial charge in [0.05, 0.1) is 13.0 Å². The molecule has 0 fully saturated rings. The normalized spacial score (nSPS) is 10.2. The number of ether oxygens (including phenoxy) is 1. The summed E-state index contributed by atoms with van der Waals surface area (Å²) in [5.74, 6) is -0.560. The van der Waals surface area contributed by atoms with E-state index in [2.05, 4.69) is 0 Å². The summed E-state index contributed by atoms with van der Waals surface area (Å²) in [5.41, 5.74) is 2.46. The Balaban J connectivity index is 2.33. The van der Waals surface area contributed by atoms with E-state index in [9.17, 15) is 9.18 Å². The van der Waals surface area contributed by atoms with Gasteiger partial charge in [-0.3, -0.25) is 4.79 Å². The number of esters is 1. The SMILES string of the molecule is CCOC(=O)Cc1ccccc1-c1cccc(F)c1. The van der Waals surface area contributed by atoms with E-state index < -0.39 is 0 Å². The van der Waals surface area contributed by atoms with Gasteiger partial charge < -0.3 is 4.74 Å². The Hall–Kier alpha value is -2.16. The highest BCUT2D eigenvalue weighted by molar-refractivity contribution is 5.77. The molecule has 0 bridgehead atoms. The van der Waals surface area contributed by atoms with Crippen LogP contribution in [0.3, 0.4) is 0 Å². The zero-order chi connectivity index (χ0) is 13.7. The molecule has 2 aromatic rings. The fourth-order valence-electron chi connectivity index (χ4n) is 1.98. The molecule has 0 aliphatic carbocycles. The minimum atomic E-state index is -0.288. The van der Waals surface area contributed by atoms with Crippen molar-refractivity contribution in [1.29, 1.82) is 0 Å². The van der Waals surface area contributed by atoms with E-state index in [0.29, 0.717) is 6.61 Å². The lowest BCUT2D eigenvalue weighted by atomic mass is 9.98. The van der Waals surface area contributed by atoms with E-state index in [0.717, 1.165) is 16.7 Å². The fraction of sp³-hybridized carbons (Fsp3) is 0.188. The van der Waals surface area contributed by atoms with Gasteiger partial charge in [-0.1, -0.05) is 36.4 Å². The van der Waals surface area contributed by atoms with Crippen LogP contribution in [-0.2, 0) is 16.0 Å². The maximum Gasteiger partial charge on any atom is 0.310 e. The van der Waals surface area contributed by atoms with E-state index in [-0.39, 0.29) is 18.2 Å². The first-order valence-electron chi connectivity index (χ1n) is 6.20. The summed E-state index contributed by atoms with van der Waals surface area (Å²) in [7, 11) is 0. The fourth-order valence-corrected chi connectivity index (χ4v) is 1.98. The molecule has 0 unspecified atom stereocenters. The van der Waals surface area contributed by atoms with Gasteiger partial charge in [-0.15, -0.1) is 0 Å². The molecule has 2 aromatic carbocycles. The van der Waals surface area contributed by atoms with Crippen LogP contribution in [0.5, 0.6) is 0 Å². The molecule has 0 radical (unpaired) electrons. The second kappa shape index (κ2) is 6.14. The lowest BCUT2D eigenvalue weighted by Gasteiger charge is -2.09. The number of carbonyl (C=O) groups is 1. The lowest BCUT2D eigenvalue weighted by Crippen LogP contribution is -2.08. The quantitative estimate of drug-likeness (QED) is 0.783. The van der Waals surface area contributed by atoms with Crippen LogP contribution in [0.15, 0.2) is 48.5 Å². The third kappa shape index (κ3) is 3.41. The summed E-state index contributed by atoms with van der Waals surface area (Å²) in [6.07, 6.45) is 0.195. The van der Waals surface area contributed by atoms with Crippen LogP contribution in [-0.4, -0.2) is 12.6 Å². The molecule has 2 rings (SSSR count). The highest BCUT2D eigenvalue weighted by Crippen LogP contribution is 2.24. The van der Waals surface area contributed by atoms with Crippen LogP contribution in [0, 0.1) is 5.82 Å². The van der Waals surface area contributed by atoms with E-state index in [1.165, 1.54) is 12.1 Å². The summed E-state index contributed by atoms with van der Waals surface area (Å²) in [5, 5.41) is 0. The van der Waals surface area contributed by atoms with E-state index >= 15 is 0 Å². The smallest absolute Gasteiger partial charge is 0.310 e. The molecule has 98 valence electrons. The number of carbonyl (C=O) groups excluding carboxylic acids is 1. The predicted octanol–water partition coefficient (Wildman–Crippen LogP) is 3.60. The Morgan fingerprint density at radius 1 is 1.16 bits per heavy atom. The van der Waals surface area contributed by atoms with Crippen molar-refractivity contribution in [2.24, 2.45) is 0 Å². The van der Waals surface area contributed by atoms with Crippen LogP contribution >= 0.6 is 0 Å². The first-order valence-corrected chi connectivity index (χ1v) is 6.20. The maximum absolute atomic E-state index is 13.3. The summed E-state index contributed by atoms with van der Waals surface area (Å²) >= 11 is 0. The molecule has 0 aromatic heterocycles. The molecule has 0 amide bonds. The molecule has 0 aliphatic rings. The second-order valence-corrected chi connectivity index (χ2v) is 4.15. The summed E-state index contributed by atoms with van der Waals surface area (Å²) in [4.78, 5) is 11.6. The van der Waals surface area contributed by atoms with Gasteiger partial charge >= 0.3 is 5.97 Å². The Bertz CT molecular complexity index is 578. The first-order chi connectivity index (χ1) is 9.20. The summed E-state index contributed by atoms with van der Waals surface area (Å²) < 4.78 is 18.2. The van der Waals surface area contributed by atoms with E-state index in [1.807, 2.05) is 30.3 Å². The lowest BCUT2D eigenvalue weighted by molar-refractivity contribution is -0.142. The van der Waals surface area contributed by atoms with Crippen LogP contribution in [0.4, 0.5) is 4.39 Å². The molecule has 0 saturated carbocycles. The molecule has 19 heavy (non-hydrogen) atoms. The van der Waals surface area contributed by atoms with Crippen molar-refractivity contribution in [3.8, 4) is 11.1 Å². The van der Waals surface area contributed by atoms with Crippen molar-refractivity contribution in [3.63, 3.8) is 0 Å². The van der Waals surface area contributed by atoms with Crippen molar-refractivity contribution in [3.05, 3.63) is 59.9 Å². The molecule has 0 spiro atoms. The molecule has 0 saturated heterocycles. The number of hydrogen-bond acceptors (Lipinski definition) is 2. The molecule has 0 aliphatic heterocycles. The topological polar surface area (TPSA) is 26.3 Å². The Labute approximate surface area is 111 Å². The zero-order valence-electron chi connectivity index (χ0n) is 10.7. The van der Waals surface area contributed by atoms with Crippen LogP contribution in [0.2, 0.25) is 0 Å². The summed E-state index contributed by atoms with van der Waals surface area (Å²) in [6.45, 7) is 2.14. The average Bonchev–Trinajstić information content (AvgIpc) is 2.39. The summed E-state index contributed by atoms with van der Waals surface area (Å²) in [6, 6.07) is 13.8. The molecular weight excluding hydrogens is 243 g/mol. The maximum atomic E-state index is 13.3. The average molecular weight is 258 g/mol. The third-order valence-corrected chi connectivity index (χ3v) is 2.79. The molecule has 0 atom stereocenters. The highest BCUT2D eigenvalue weighted by Gasteiger charge is 2.10. The van der Waals surface area contributed by atoms with Gasteiger partial charge in [0.25, 0.3) is 0 Å². The number of benzene rings is 2. The van der Waals surface area contributed by atoms with E-state index in [1.54, 1.807) is 13.0 Å². The molecular formula is C16H15FO2. The third-order valence-electron chi connectivity index (χ3n) is 2.79.